The van der Waals surface area contributed by atoms with Crippen LogP contribution in [0.5, 0.6) is 5.75 Å². The van der Waals surface area contributed by atoms with E-state index in [-0.39, 0.29) is 16.4 Å². The number of anilines is 1. The molecule has 144 valence electrons. The predicted molar refractivity (Wildman–Crippen MR) is 111 cm³/mol. The van der Waals surface area contributed by atoms with Gasteiger partial charge in [-0.3, -0.25) is 14.9 Å². The van der Waals surface area contributed by atoms with Crippen molar-refractivity contribution in [1.29, 1.82) is 0 Å². The van der Waals surface area contributed by atoms with E-state index in [2.05, 4.69) is 5.32 Å². The molecule has 2 aromatic carbocycles. The van der Waals surface area contributed by atoms with Crippen LogP contribution in [0.4, 0.5) is 11.4 Å². The number of non-ortho nitro benzene ring substituents is 1. The van der Waals surface area contributed by atoms with Gasteiger partial charge in [-0.05, 0) is 48.2 Å². The van der Waals surface area contributed by atoms with Crippen LogP contribution in [-0.2, 0) is 6.61 Å². The van der Waals surface area contributed by atoms with E-state index < -0.39 is 10.8 Å². The van der Waals surface area contributed by atoms with Gasteiger partial charge < -0.3 is 10.1 Å². The Morgan fingerprint density at radius 2 is 1.93 bits per heavy atom. The summed E-state index contributed by atoms with van der Waals surface area (Å²) >= 11 is 13.3. The van der Waals surface area contributed by atoms with E-state index in [4.69, 9.17) is 27.9 Å². The largest absolute Gasteiger partial charge is 0.489 e. The monoisotopic (exact) mass is 436 g/mol. The smallest absolute Gasteiger partial charge is 0.271 e. The lowest BCUT2D eigenvalue weighted by molar-refractivity contribution is -0.384. The number of aryl methyl sites for hydroxylation is 1. The number of nitrogens with zero attached hydrogens (tertiary/aromatic N) is 1. The number of hydrogen-bond donors (Lipinski definition) is 1. The van der Waals surface area contributed by atoms with E-state index >= 15 is 0 Å². The Kier molecular flexibility index (Phi) is 6.18. The maximum absolute atomic E-state index is 12.4. The third-order valence-electron chi connectivity index (χ3n) is 3.82. The lowest BCUT2D eigenvalue weighted by Gasteiger charge is -2.07. The van der Waals surface area contributed by atoms with Crippen LogP contribution in [-0.4, -0.2) is 10.8 Å². The number of ether oxygens (including phenoxy) is 1. The molecular formula is C19H14Cl2N2O4S. The summed E-state index contributed by atoms with van der Waals surface area (Å²) in [6, 6.07) is 11.0. The first kappa shape index (κ1) is 20.1. The number of nitrogens with one attached hydrogen (secondary N) is 1. The van der Waals surface area contributed by atoms with Gasteiger partial charge in [0.1, 0.15) is 12.4 Å². The first-order valence-corrected chi connectivity index (χ1v) is 9.68. The Hall–Kier alpha value is -2.61. The molecule has 0 unspecified atom stereocenters. The topological polar surface area (TPSA) is 81.5 Å². The molecule has 0 aliphatic carbocycles. The molecule has 1 amide bonds. The van der Waals surface area contributed by atoms with Crippen LogP contribution in [0.15, 0.2) is 47.8 Å². The van der Waals surface area contributed by atoms with Crippen molar-refractivity contribution in [2.24, 2.45) is 0 Å². The molecule has 0 bridgehead atoms. The van der Waals surface area contributed by atoms with Crippen LogP contribution in [0.2, 0.25) is 10.0 Å². The normalized spacial score (nSPS) is 10.5. The van der Waals surface area contributed by atoms with E-state index in [1.54, 1.807) is 18.2 Å². The zero-order valence-electron chi connectivity index (χ0n) is 14.6. The third-order valence-corrected chi connectivity index (χ3v) is 5.55. The first-order valence-electron chi connectivity index (χ1n) is 8.05. The molecule has 0 fully saturated rings. The maximum atomic E-state index is 12.4. The molecule has 3 rings (SSSR count). The molecule has 6 nitrogen and oxygen atoms in total. The third kappa shape index (κ3) is 4.81. The highest BCUT2D eigenvalue weighted by Gasteiger charge is 2.15. The minimum absolute atomic E-state index is 0.154. The van der Waals surface area contributed by atoms with Gasteiger partial charge in [0.25, 0.3) is 11.6 Å². The van der Waals surface area contributed by atoms with Crippen LogP contribution in [0.1, 0.15) is 20.8 Å². The Bertz CT molecular complexity index is 1050. The second-order valence-electron chi connectivity index (χ2n) is 5.89. The quantitative estimate of drug-likeness (QED) is 0.373. The SMILES string of the molecule is Cc1cc(OCc2csc(C(=O)Nc3cc([N+](=O)[O-])ccc3Cl)c2)ccc1Cl. The molecule has 3 aromatic rings. The number of hydrogen-bond acceptors (Lipinski definition) is 5. The average Bonchev–Trinajstić information content (AvgIpc) is 3.13. The van der Waals surface area contributed by atoms with Crippen molar-refractivity contribution in [2.75, 3.05) is 5.32 Å². The van der Waals surface area contributed by atoms with Gasteiger partial charge in [0, 0.05) is 22.7 Å². The number of rotatable bonds is 6. The van der Waals surface area contributed by atoms with Gasteiger partial charge in [-0.1, -0.05) is 23.2 Å². The molecule has 1 aromatic heterocycles. The lowest BCUT2D eigenvalue weighted by Crippen LogP contribution is -2.10. The summed E-state index contributed by atoms with van der Waals surface area (Å²) < 4.78 is 5.72. The molecule has 0 saturated carbocycles. The summed E-state index contributed by atoms with van der Waals surface area (Å²) in [5, 5.41) is 16.2. The van der Waals surface area contributed by atoms with E-state index in [0.29, 0.717) is 22.3 Å². The number of amides is 1. The Morgan fingerprint density at radius 3 is 2.64 bits per heavy atom. The summed E-state index contributed by atoms with van der Waals surface area (Å²) in [7, 11) is 0. The van der Waals surface area contributed by atoms with Crippen molar-refractivity contribution in [1.82, 2.24) is 0 Å². The summed E-state index contributed by atoms with van der Waals surface area (Å²) in [4.78, 5) is 23.2. The van der Waals surface area contributed by atoms with Gasteiger partial charge in [-0.2, -0.15) is 0 Å². The van der Waals surface area contributed by atoms with Crippen molar-refractivity contribution in [3.8, 4) is 5.75 Å². The van der Waals surface area contributed by atoms with Crippen molar-refractivity contribution < 1.29 is 14.5 Å². The highest BCUT2D eigenvalue weighted by atomic mass is 35.5. The molecule has 1 N–H and O–H groups in total. The van der Waals surface area contributed by atoms with Gasteiger partial charge in [-0.25, -0.2) is 0 Å². The molecule has 9 heteroatoms. The molecular weight excluding hydrogens is 423 g/mol. The number of carbonyl (C=O) groups excluding carboxylic acids is 1. The highest BCUT2D eigenvalue weighted by molar-refractivity contribution is 7.12. The Balaban J connectivity index is 1.66. The Labute approximate surface area is 174 Å². The molecule has 0 aliphatic rings. The van der Waals surface area contributed by atoms with Crippen molar-refractivity contribution >= 4 is 51.8 Å². The highest BCUT2D eigenvalue weighted by Crippen LogP contribution is 2.28. The molecule has 1 heterocycles. The first-order chi connectivity index (χ1) is 13.3. The molecule has 28 heavy (non-hydrogen) atoms. The maximum Gasteiger partial charge on any atom is 0.271 e. The number of thiophene rings is 1. The number of benzene rings is 2. The zero-order valence-corrected chi connectivity index (χ0v) is 16.9. The van der Waals surface area contributed by atoms with Gasteiger partial charge in [0.15, 0.2) is 0 Å². The molecule has 0 spiro atoms. The summed E-state index contributed by atoms with van der Waals surface area (Å²) in [6.45, 7) is 2.18. The van der Waals surface area contributed by atoms with Crippen LogP contribution >= 0.6 is 34.5 Å². The fraction of sp³-hybridized carbons (Fsp3) is 0.105. The average molecular weight is 437 g/mol. The summed E-state index contributed by atoms with van der Waals surface area (Å²) in [5.41, 5.74) is 1.77. The fourth-order valence-electron chi connectivity index (χ4n) is 2.35. The summed E-state index contributed by atoms with van der Waals surface area (Å²) in [6.07, 6.45) is 0. The minimum Gasteiger partial charge on any atom is -0.489 e. The molecule has 0 radical (unpaired) electrons. The minimum atomic E-state index is -0.551. The van der Waals surface area contributed by atoms with Crippen molar-refractivity contribution in [2.45, 2.75) is 13.5 Å². The van der Waals surface area contributed by atoms with Gasteiger partial charge in [0.05, 0.1) is 20.5 Å². The standard InChI is InChI=1S/C19H14Cl2N2O4S/c1-11-6-14(3-5-15(11)20)27-9-12-7-18(28-10-12)19(24)22-17-8-13(23(25)26)2-4-16(17)21/h2-8,10H,9H2,1H3,(H,22,24). The number of nitro benzene ring substituents is 1. The van der Waals surface area contributed by atoms with Crippen LogP contribution in [0.3, 0.4) is 0 Å². The van der Waals surface area contributed by atoms with Crippen LogP contribution < -0.4 is 10.1 Å². The van der Waals surface area contributed by atoms with E-state index in [1.807, 2.05) is 18.4 Å². The molecule has 0 atom stereocenters. The fourth-order valence-corrected chi connectivity index (χ4v) is 3.42. The van der Waals surface area contributed by atoms with Crippen molar-refractivity contribution in [3.63, 3.8) is 0 Å². The van der Waals surface area contributed by atoms with Gasteiger partial charge in [0.2, 0.25) is 0 Å². The second kappa shape index (κ2) is 8.60. The van der Waals surface area contributed by atoms with Crippen LogP contribution in [0.25, 0.3) is 0 Å². The van der Waals surface area contributed by atoms with E-state index in [9.17, 15) is 14.9 Å². The Morgan fingerprint density at radius 1 is 1.18 bits per heavy atom. The number of nitro groups is 1. The number of halogens is 2. The predicted octanol–water partition coefficient (Wildman–Crippen LogP) is 6.10. The van der Waals surface area contributed by atoms with Gasteiger partial charge in [-0.15, -0.1) is 11.3 Å². The molecule has 0 saturated heterocycles. The zero-order chi connectivity index (χ0) is 20.3. The summed E-state index contributed by atoms with van der Waals surface area (Å²) in [5.74, 6) is 0.281. The van der Waals surface area contributed by atoms with Gasteiger partial charge >= 0.3 is 0 Å². The van der Waals surface area contributed by atoms with E-state index in [1.165, 1.54) is 29.5 Å². The van der Waals surface area contributed by atoms with E-state index in [0.717, 1.165) is 11.1 Å². The second-order valence-corrected chi connectivity index (χ2v) is 7.62. The van der Waals surface area contributed by atoms with Crippen molar-refractivity contribution in [3.05, 3.63) is 84.0 Å². The lowest BCUT2D eigenvalue weighted by atomic mass is 10.2. The number of carbonyl (C=O) groups is 1. The molecule has 0 aliphatic heterocycles. The van der Waals surface area contributed by atoms with Crippen LogP contribution in [0, 0.1) is 17.0 Å².